The Hall–Kier alpha value is -2.63. The zero-order chi connectivity index (χ0) is 17.6. The molecule has 6 heteroatoms. The Morgan fingerprint density at radius 3 is 2.88 bits per heavy atom. The summed E-state index contributed by atoms with van der Waals surface area (Å²) >= 11 is 0. The number of rotatable bonds is 6. The van der Waals surface area contributed by atoms with E-state index in [2.05, 4.69) is 27.4 Å². The minimum absolute atomic E-state index is 0.0271. The highest BCUT2D eigenvalue weighted by molar-refractivity contribution is 5.80. The summed E-state index contributed by atoms with van der Waals surface area (Å²) in [6, 6.07) is 11.9. The fourth-order valence-corrected chi connectivity index (χ4v) is 3.13. The van der Waals surface area contributed by atoms with Crippen LogP contribution in [0.5, 0.6) is 0 Å². The third kappa shape index (κ3) is 4.47. The van der Waals surface area contributed by atoms with Crippen molar-refractivity contribution in [3.8, 4) is 0 Å². The van der Waals surface area contributed by atoms with Gasteiger partial charge >= 0.3 is 0 Å². The first-order valence-electron chi connectivity index (χ1n) is 8.73. The van der Waals surface area contributed by atoms with Gasteiger partial charge in [0.1, 0.15) is 0 Å². The first-order valence-corrected chi connectivity index (χ1v) is 8.73. The van der Waals surface area contributed by atoms with Crippen LogP contribution >= 0.6 is 0 Å². The van der Waals surface area contributed by atoms with Crippen LogP contribution in [0.4, 0.5) is 5.69 Å². The molecule has 1 atom stereocenters. The maximum atomic E-state index is 12.3. The lowest BCUT2D eigenvalue weighted by atomic mass is 10.1. The summed E-state index contributed by atoms with van der Waals surface area (Å²) in [4.78, 5) is 26.1. The van der Waals surface area contributed by atoms with Crippen molar-refractivity contribution in [1.29, 1.82) is 0 Å². The van der Waals surface area contributed by atoms with Gasteiger partial charge in [-0.2, -0.15) is 5.10 Å². The number of benzene rings is 1. The molecule has 2 aromatic rings. The average molecular weight is 340 g/mol. The van der Waals surface area contributed by atoms with Gasteiger partial charge in [0.2, 0.25) is 5.91 Å². The number of carbonyl (C=O) groups is 1. The second-order valence-electron chi connectivity index (χ2n) is 6.49. The highest BCUT2D eigenvalue weighted by Crippen LogP contribution is 2.22. The lowest BCUT2D eigenvalue weighted by Crippen LogP contribution is -2.33. The van der Waals surface area contributed by atoms with Crippen molar-refractivity contribution < 1.29 is 4.79 Å². The molecule has 0 radical (unpaired) electrons. The number of hydrogen-bond acceptors (Lipinski definition) is 4. The molecule has 0 spiro atoms. The van der Waals surface area contributed by atoms with E-state index in [-0.39, 0.29) is 17.4 Å². The lowest BCUT2D eigenvalue weighted by molar-refractivity contribution is -0.124. The first kappa shape index (κ1) is 17.2. The van der Waals surface area contributed by atoms with Gasteiger partial charge in [0, 0.05) is 32.7 Å². The first-order chi connectivity index (χ1) is 12.1. The van der Waals surface area contributed by atoms with E-state index in [1.807, 2.05) is 18.2 Å². The zero-order valence-electron chi connectivity index (χ0n) is 14.5. The van der Waals surface area contributed by atoms with Crippen LogP contribution in [0.15, 0.2) is 47.4 Å². The van der Waals surface area contributed by atoms with Crippen molar-refractivity contribution in [2.24, 2.45) is 13.0 Å². The summed E-state index contributed by atoms with van der Waals surface area (Å²) in [5.41, 5.74) is 1.95. The number of aryl methyl sites for hydroxylation is 2. The van der Waals surface area contributed by atoms with Crippen molar-refractivity contribution in [3.63, 3.8) is 0 Å². The van der Waals surface area contributed by atoms with Gasteiger partial charge in [-0.25, -0.2) is 4.68 Å². The molecule has 132 valence electrons. The summed E-state index contributed by atoms with van der Waals surface area (Å²) in [5, 5.41) is 7.08. The Labute approximate surface area is 147 Å². The van der Waals surface area contributed by atoms with E-state index in [1.54, 1.807) is 19.3 Å². The Kier molecular flexibility index (Phi) is 5.48. The molecule has 1 fully saturated rings. The van der Waals surface area contributed by atoms with Gasteiger partial charge in [-0.1, -0.05) is 30.3 Å². The number of nitrogens with one attached hydrogen (secondary N) is 1. The standard InChI is InChI=1S/C19H24N4O2/c1-22-18(24)12-17(13-21-22)23-11-9-16(14-23)19(25)20-10-5-8-15-6-3-2-4-7-15/h2-4,6-7,12-13,16H,5,8-11,14H2,1H3,(H,20,25). The highest BCUT2D eigenvalue weighted by atomic mass is 16.2. The van der Waals surface area contributed by atoms with Gasteiger partial charge in [0.05, 0.1) is 17.8 Å². The SMILES string of the molecule is Cn1ncc(N2CCC(C(=O)NCCCc3ccccc3)C2)cc1=O. The maximum absolute atomic E-state index is 12.3. The maximum Gasteiger partial charge on any atom is 0.268 e. The molecule has 0 bridgehead atoms. The molecular weight excluding hydrogens is 316 g/mol. The van der Waals surface area contributed by atoms with Gasteiger partial charge in [-0.3, -0.25) is 9.59 Å². The second kappa shape index (κ2) is 7.96. The van der Waals surface area contributed by atoms with Gasteiger partial charge in [-0.05, 0) is 24.8 Å². The summed E-state index contributed by atoms with van der Waals surface area (Å²) in [6.07, 6.45) is 4.39. The van der Waals surface area contributed by atoms with Crippen LogP contribution in [0, 0.1) is 5.92 Å². The Morgan fingerprint density at radius 1 is 1.32 bits per heavy atom. The normalized spacial score (nSPS) is 16.8. The Bertz CT molecular complexity index is 772. The van der Waals surface area contributed by atoms with Gasteiger partial charge in [-0.15, -0.1) is 0 Å². The molecular formula is C19H24N4O2. The number of carbonyl (C=O) groups excluding carboxylic acids is 1. The second-order valence-corrected chi connectivity index (χ2v) is 6.49. The summed E-state index contributed by atoms with van der Waals surface area (Å²) < 4.78 is 1.30. The summed E-state index contributed by atoms with van der Waals surface area (Å²) in [7, 11) is 1.63. The van der Waals surface area contributed by atoms with Crippen LogP contribution in [0.3, 0.4) is 0 Å². The molecule has 0 aliphatic carbocycles. The van der Waals surface area contributed by atoms with Gasteiger partial charge in [0.15, 0.2) is 0 Å². The van der Waals surface area contributed by atoms with Crippen LogP contribution in [0.1, 0.15) is 18.4 Å². The Morgan fingerprint density at radius 2 is 2.12 bits per heavy atom. The zero-order valence-corrected chi connectivity index (χ0v) is 14.5. The fraction of sp³-hybridized carbons (Fsp3) is 0.421. The minimum atomic E-state index is -0.133. The highest BCUT2D eigenvalue weighted by Gasteiger charge is 2.28. The third-order valence-electron chi connectivity index (χ3n) is 4.66. The molecule has 1 N–H and O–H groups in total. The topological polar surface area (TPSA) is 67.2 Å². The van der Waals surface area contributed by atoms with Crippen LogP contribution in [0.2, 0.25) is 0 Å². The predicted molar refractivity (Wildman–Crippen MR) is 97.6 cm³/mol. The molecule has 1 aliphatic rings. The fourth-order valence-electron chi connectivity index (χ4n) is 3.13. The van der Waals surface area contributed by atoms with Crippen molar-refractivity contribution in [1.82, 2.24) is 15.1 Å². The van der Waals surface area contributed by atoms with E-state index in [0.717, 1.165) is 31.5 Å². The predicted octanol–water partition coefficient (Wildman–Crippen LogP) is 1.36. The average Bonchev–Trinajstić information content (AvgIpc) is 3.12. The molecule has 1 aliphatic heterocycles. The molecule has 25 heavy (non-hydrogen) atoms. The van der Waals surface area contributed by atoms with Crippen molar-refractivity contribution in [2.45, 2.75) is 19.3 Å². The molecule has 1 aromatic carbocycles. The smallest absolute Gasteiger partial charge is 0.268 e. The summed E-state index contributed by atoms with van der Waals surface area (Å²) in [6.45, 7) is 2.11. The van der Waals surface area contributed by atoms with Crippen LogP contribution in [-0.2, 0) is 18.3 Å². The number of anilines is 1. The van der Waals surface area contributed by atoms with E-state index >= 15 is 0 Å². The van der Waals surface area contributed by atoms with Crippen LogP contribution in [-0.4, -0.2) is 35.3 Å². The quantitative estimate of drug-likeness (QED) is 0.806. The largest absolute Gasteiger partial charge is 0.369 e. The molecule has 1 amide bonds. The summed E-state index contributed by atoms with van der Waals surface area (Å²) in [5.74, 6) is 0.0770. The Balaban J connectivity index is 1.44. The lowest BCUT2D eigenvalue weighted by Gasteiger charge is -2.18. The number of aromatic nitrogens is 2. The third-order valence-corrected chi connectivity index (χ3v) is 4.66. The van der Waals surface area contributed by atoms with E-state index in [9.17, 15) is 9.59 Å². The molecule has 1 saturated heterocycles. The molecule has 3 rings (SSSR count). The van der Waals surface area contributed by atoms with E-state index in [0.29, 0.717) is 13.1 Å². The molecule has 0 saturated carbocycles. The van der Waals surface area contributed by atoms with Crippen molar-refractivity contribution in [3.05, 3.63) is 58.5 Å². The minimum Gasteiger partial charge on any atom is -0.369 e. The number of nitrogens with zero attached hydrogens (tertiary/aromatic N) is 3. The van der Waals surface area contributed by atoms with Gasteiger partial charge in [0.25, 0.3) is 5.56 Å². The van der Waals surface area contributed by atoms with Crippen molar-refractivity contribution in [2.75, 3.05) is 24.5 Å². The van der Waals surface area contributed by atoms with Crippen LogP contribution in [0.25, 0.3) is 0 Å². The van der Waals surface area contributed by atoms with E-state index in [1.165, 1.54) is 10.2 Å². The van der Waals surface area contributed by atoms with Crippen LogP contribution < -0.4 is 15.8 Å². The number of amides is 1. The molecule has 2 heterocycles. The van der Waals surface area contributed by atoms with Crippen molar-refractivity contribution >= 4 is 11.6 Å². The number of hydrogen-bond donors (Lipinski definition) is 1. The van der Waals surface area contributed by atoms with E-state index < -0.39 is 0 Å². The monoisotopic (exact) mass is 340 g/mol. The van der Waals surface area contributed by atoms with Gasteiger partial charge < -0.3 is 10.2 Å². The molecule has 6 nitrogen and oxygen atoms in total. The molecule has 1 aromatic heterocycles. The van der Waals surface area contributed by atoms with E-state index in [4.69, 9.17) is 0 Å². The molecule has 1 unspecified atom stereocenters.